The van der Waals surface area contributed by atoms with E-state index in [0.29, 0.717) is 26.7 Å². The molecule has 2 aromatic rings. The van der Waals surface area contributed by atoms with Gasteiger partial charge in [0, 0.05) is 18.5 Å². The van der Waals surface area contributed by atoms with E-state index in [9.17, 15) is 9.59 Å². The lowest BCUT2D eigenvalue weighted by Gasteiger charge is -2.43. The molecule has 4 amide bonds. The number of rotatable bonds is 2. The molecule has 0 bridgehead atoms. The summed E-state index contributed by atoms with van der Waals surface area (Å²) in [7, 11) is 0. The summed E-state index contributed by atoms with van der Waals surface area (Å²) in [5.74, 6) is 0. The normalized spacial score (nSPS) is 24.9. The number of carbonyl (C=O) groups excluding carboxylic acids is 2. The van der Waals surface area contributed by atoms with E-state index in [4.69, 9.17) is 0 Å². The van der Waals surface area contributed by atoms with Crippen LogP contribution >= 0.6 is 45.2 Å². The minimum absolute atomic E-state index is 0.0158. The largest absolute Gasteiger partial charge is 0.336 e. The van der Waals surface area contributed by atoms with Gasteiger partial charge in [0.05, 0.1) is 26.7 Å². The highest BCUT2D eigenvalue weighted by Crippen LogP contribution is 2.41. The average Bonchev–Trinajstić information content (AvgIpc) is 3.21. The molecule has 0 aromatic heterocycles. The summed E-state index contributed by atoms with van der Waals surface area (Å²) in [5.41, 5.74) is 2.03. The molecule has 10 heteroatoms. The Kier molecular flexibility index (Phi) is 4.24. The molecule has 0 N–H and O–H groups in total. The first kappa shape index (κ1) is 18.8. The summed E-state index contributed by atoms with van der Waals surface area (Å²) in [5, 5.41) is 0. The summed E-state index contributed by atoms with van der Waals surface area (Å²) in [6, 6.07) is 16.3. The second-order valence-corrected chi connectivity index (χ2v) is 10.4. The molecule has 8 nitrogen and oxygen atoms in total. The van der Waals surface area contributed by atoms with E-state index in [2.05, 4.69) is 55.0 Å². The average molecular weight is 628 g/mol. The molecule has 4 aliphatic heterocycles. The maximum atomic E-state index is 13.3. The highest BCUT2D eigenvalue weighted by molar-refractivity contribution is 14.1. The van der Waals surface area contributed by atoms with Crippen LogP contribution in [0.2, 0.25) is 0 Å². The Morgan fingerprint density at radius 2 is 0.867 bits per heavy atom. The molecule has 4 heterocycles. The summed E-state index contributed by atoms with van der Waals surface area (Å²) in [4.78, 5) is 38.2. The number of carbonyl (C=O) groups is 2. The predicted molar refractivity (Wildman–Crippen MR) is 128 cm³/mol. The number of hydrogen-bond donors (Lipinski definition) is 0. The van der Waals surface area contributed by atoms with Crippen LogP contribution in [0.5, 0.6) is 0 Å². The zero-order valence-electron chi connectivity index (χ0n) is 15.9. The van der Waals surface area contributed by atoms with Gasteiger partial charge in [-0.1, -0.05) is 0 Å². The lowest BCUT2D eigenvalue weighted by Crippen LogP contribution is -2.61. The topological polar surface area (TPSA) is 53.6 Å². The molecule has 154 valence electrons. The third-order valence-electron chi connectivity index (χ3n) is 6.20. The molecule has 0 spiro atoms. The molecular weight excluding hydrogens is 610 g/mol. The van der Waals surface area contributed by atoms with Crippen LogP contribution in [-0.2, 0) is 0 Å². The van der Waals surface area contributed by atoms with Crippen LogP contribution in [0.15, 0.2) is 48.5 Å². The predicted octanol–water partition coefficient (Wildman–Crippen LogP) is 3.19. The van der Waals surface area contributed by atoms with Crippen molar-refractivity contribution in [2.24, 2.45) is 0 Å². The van der Waals surface area contributed by atoms with Crippen molar-refractivity contribution in [3.8, 4) is 0 Å². The van der Waals surface area contributed by atoms with Crippen molar-refractivity contribution in [1.82, 2.24) is 19.6 Å². The smallest absolute Gasteiger partial charge is 0.326 e. The third kappa shape index (κ3) is 2.68. The molecule has 0 saturated carbocycles. The van der Waals surface area contributed by atoms with Crippen molar-refractivity contribution in [2.45, 2.75) is 12.3 Å². The van der Waals surface area contributed by atoms with Gasteiger partial charge >= 0.3 is 12.1 Å². The number of hydrogen-bond acceptors (Lipinski definition) is 4. The zero-order valence-corrected chi connectivity index (χ0v) is 20.2. The van der Waals surface area contributed by atoms with Crippen LogP contribution in [0.3, 0.4) is 0 Å². The number of nitrogens with zero attached hydrogens (tertiary/aromatic N) is 6. The highest BCUT2D eigenvalue weighted by Gasteiger charge is 2.63. The fraction of sp³-hybridized carbons (Fsp3) is 0.300. The van der Waals surface area contributed by atoms with E-state index < -0.39 is 0 Å². The van der Waals surface area contributed by atoms with Crippen molar-refractivity contribution in [1.29, 1.82) is 0 Å². The standard InChI is InChI=1S/C20H18I2N6O2/c21-13-1-5-15(6-2-13)23-9-25-17-18-27(19(25)29)11-24(16-7-3-14(22)4-8-16)12-28(18)20(30)26(17)10-23/h1-8,17-18H,9-12H2. The molecule has 0 aliphatic carbocycles. The molecule has 6 rings (SSSR count). The molecule has 2 aromatic carbocycles. The van der Waals surface area contributed by atoms with Crippen LogP contribution in [0, 0.1) is 7.14 Å². The van der Waals surface area contributed by atoms with Crippen molar-refractivity contribution in [3.63, 3.8) is 0 Å². The van der Waals surface area contributed by atoms with Gasteiger partial charge in [-0.05, 0) is 93.7 Å². The number of urea groups is 2. The Labute approximate surface area is 201 Å². The summed E-state index contributed by atoms with van der Waals surface area (Å²) < 4.78 is 2.31. The first-order valence-corrected chi connectivity index (χ1v) is 11.8. The lowest BCUT2D eigenvalue weighted by atomic mass is 10.2. The van der Waals surface area contributed by atoms with Crippen LogP contribution in [-0.4, -0.2) is 70.7 Å². The van der Waals surface area contributed by atoms with E-state index in [-0.39, 0.29) is 24.4 Å². The van der Waals surface area contributed by atoms with E-state index in [0.717, 1.165) is 18.5 Å². The van der Waals surface area contributed by atoms with E-state index in [1.165, 1.54) is 0 Å². The fourth-order valence-corrected chi connectivity index (χ4v) is 5.51. The van der Waals surface area contributed by atoms with Gasteiger partial charge in [-0.25, -0.2) is 9.59 Å². The summed E-state index contributed by atoms with van der Waals surface area (Å²) in [6.07, 6.45) is -0.437. The SMILES string of the molecule is O=C1N2CN(c3ccc(I)cc3)CN3C(=O)N4CN(c5ccc(I)cc5)CN1C4C23. The van der Waals surface area contributed by atoms with Crippen LogP contribution in [0.25, 0.3) is 0 Å². The minimum Gasteiger partial charge on any atom is -0.336 e. The van der Waals surface area contributed by atoms with Crippen LogP contribution < -0.4 is 9.80 Å². The zero-order chi connectivity index (χ0) is 20.6. The lowest BCUT2D eigenvalue weighted by molar-refractivity contribution is 0.0858. The van der Waals surface area contributed by atoms with Crippen molar-refractivity contribution < 1.29 is 9.59 Å². The molecule has 0 radical (unpaired) electrons. The van der Waals surface area contributed by atoms with Gasteiger partial charge in [0.1, 0.15) is 0 Å². The molecule has 4 aliphatic rings. The van der Waals surface area contributed by atoms with E-state index in [1.807, 2.05) is 68.1 Å². The second kappa shape index (κ2) is 6.77. The van der Waals surface area contributed by atoms with Gasteiger partial charge in [0.15, 0.2) is 12.3 Å². The van der Waals surface area contributed by atoms with Crippen molar-refractivity contribution in [3.05, 3.63) is 55.7 Å². The monoisotopic (exact) mass is 628 g/mol. The van der Waals surface area contributed by atoms with Crippen LogP contribution in [0.1, 0.15) is 0 Å². The van der Waals surface area contributed by atoms with Crippen molar-refractivity contribution >= 4 is 68.6 Å². The maximum absolute atomic E-state index is 13.3. The quantitative estimate of drug-likeness (QED) is 0.480. The Balaban J connectivity index is 1.32. The number of benzene rings is 2. The Bertz CT molecular complexity index is 917. The number of amides is 4. The van der Waals surface area contributed by atoms with Gasteiger partial charge in [-0.2, -0.15) is 0 Å². The maximum Gasteiger partial charge on any atom is 0.326 e. The number of halogens is 2. The van der Waals surface area contributed by atoms with Gasteiger partial charge in [-0.3, -0.25) is 19.6 Å². The molecular formula is C20H18I2N6O2. The van der Waals surface area contributed by atoms with Gasteiger partial charge in [0.2, 0.25) is 0 Å². The Morgan fingerprint density at radius 1 is 0.567 bits per heavy atom. The van der Waals surface area contributed by atoms with Gasteiger partial charge < -0.3 is 9.80 Å². The first-order chi connectivity index (χ1) is 14.5. The highest BCUT2D eigenvalue weighted by atomic mass is 127. The van der Waals surface area contributed by atoms with E-state index >= 15 is 0 Å². The van der Waals surface area contributed by atoms with Gasteiger partial charge in [-0.15, -0.1) is 0 Å². The Hall–Kier alpha value is -1.96. The summed E-state index contributed by atoms with van der Waals surface area (Å²) in [6.45, 7) is 1.94. The molecule has 30 heavy (non-hydrogen) atoms. The molecule has 4 fully saturated rings. The molecule has 4 saturated heterocycles. The van der Waals surface area contributed by atoms with Crippen LogP contribution in [0.4, 0.5) is 21.0 Å². The summed E-state index contributed by atoms with van der Waals surface area (Å²) >= 11 is 4.55. The number of anilines is 2. The van der Waals surface area contributed by atoms with Gasteiger partial charge in [0.25, 0.3) is 0 Å². The fourth-order valence-electron chi connectivity index (χ4n) is 4.79. The van der Waals surface area contributed by atoms with Crippen molar-refractivity contribution in [2.75, 3.05) is 36.5 Å². The minimum atomic E-state index is -0.219. The third-order valence-corrected chi connectivity index (χ3v) is 7.64. The Morgan fingerprint density at radius 3 is 1.17 bits per heavy atom. The van der Waals surface area contributed by atoms with E-state index in [1.54, 1.807) is 0 Å². The molecule has 0 unspecified atom stereocenters. The molecule has 0 atom stereocenters. The second-order valence-electron chi connectivity index (χ2n) is 7.87. The first-order valence-electron chi connectivity index (χ1n) is 9.67.